The lowest BCUT2D eigenvalue weighted by Crippen LogP contribution is -2.29. The summed E-state index contributed by atoms with van der Waals surface area (Å²) in [6.45, 7) is 3.84. The molecule has 1 rings (SSSR count). The highest BCUT2D eigenvalue weighted by Gasteiger charge is 2.02. The Morgan fingerprint density at radius 3 is 2.84 bits per heavy atom. The molecule has 1 atom stereocenters. The summed E-state index contributed by atoms with van der Waals surface area (Å²) in [5.74, 6) is -0.186. The van der Waals surface area contributed by atoms with E-state index in [1.54, 1.807) is 12.3 Å². The zero-order valence-corrected chi connectivity index (χ0v) is 11.3. The Bertz CT molecular complexity index is 404. The molecule has 1 aromatic rings. The van der Waals surface area contributed by atoms with E-state index in [1.165, 1.54) is 18.3 Å². The number of hydrogen-bond donors (Lipinski definition) is 2. The van der Waals surface area contributed by atoms with Crippen molar-refractivity contribution in [2.24, 2.45) is 10.7 Å². The number of benzene rings is 1. The first-order valence-corrected chi connectivity index (χ1v) is 6.57. The molecule has 0 fully saturated rings. The van der Waals surface area contributed by atoms with Crippen molar-refractivity contribution >= 4 is 6.21 Å². The highest BCUT2D eigenvalue weighted by Crippen LogP contribution is 2.05. The van der Waals surface area contributed by atoms with Gasteiger partial charge in [0.15, 0.2) is 0 Å². The summed E-state index contributed by atoms with van der Waals surface area (Å²) in [5, 5.41) is 3.43. The molecule has 3 nitrogen and oxygen atoms in total. The summed E-state index contributed by atoms with van der Waals surface area (Å²) in [7, 11) is 0. The van der Waals surface area contributed by atoms with Gasteiger partial charge in [-0.15, -0.1) is 0 Å². The minimum atomic E-state index is -0.186. The van der Waals surface area contributed by atoms with Gasteiger partial charge in [-0.25, -0.2) is 4.39 Å². The molecule has 0 aromatic heterocycles. The molecule has 3 N–H and O–H groups in total. The second-order valence-electron chi connectivity index (χ2n) is 4.48. The quantitative estimate of drug-likeness (QED) is 0.560. The smallest absolute Gasteiger partial charge is 0.123 e. The predicted molar refractivity (Wildman–Crippen MR) is 81.0 cm³/mol. The number of nitrogens with zero attached hydrogens (tertiary/aromatic N) is 1. The van der Waals surface area contributed by atoms with Crippen LogP contribution in [0, 0.1) is 5.82 Å². The first-order chi connectivity index (χ1) is 9.22. The van der Waals surface area contributed by atoms with Gasteiger partial charge in [-0.2, -0.15) is 0 Å². The van der Waals surface area contributed by atoms with E-state index in [2.05, 4.69) is 17.2 Å². The van der Waals surface area contributed by atoms with Gasteiger partial charge in [-0.1, -0.05) is 12.1 Å². The van der Waals surface area contributed by atoms with Crippen LogP contribution in [-0.2, 0) is 6.42 Å². The van der Waals surface area contributed by atoms with Crippen molar-refractivity contribution in [1.29, 1.82) is 0 Å². The van der Waals surface area contributed by atoms with Gasteiger partial charge in [-0.05, 0) is 56.3 Å². The van der Waals surface area contributed by atoms with Crippen molar-refractivity contribution in [2.45, 2.75) is 25.8 Å². The SMILES string of the molecule is CC(Cc1ccc(F)cc1)NCCCN=C/C=C\N.[HH]. The standard InChI is InChI=1S/C15H22FN3.H2/c1-13(12-14-4-6-15(16)7-5-14)19-11-3-10-18-9-2-8-17;/h2,4-9,13,19H,3,10-12,17H2,1H3;1H/b8-2-,18-9?;. The lowest BCUT2D eigenvalue weighted by Gasteiger charge is -2.13. The average Bonchev–Trinajstić information content (AvgIpc) is 2.40. The molecular formula is C15H24FN3. The molecule has 0 saturated heterocycles. The minimum absolute atomic E-state index is 0. The Kier molecular flexibility index (Phi) is 7.51. The van der Waals surface area contributed by atoms with Crippen LogP contribution in [0.2, 0.25) is 0 Å². The van der Waals surface area contributed by atoms with Crippen LogP contribution in [0.1, 0.15) is 20.3 Å². The van der Waals surface area contributed by atoms with Gasteiger partial charge in [0.25, 0.3) is 0 Å². The molecular weight excluding hydrogens is 241 g/mol. The van der Waals surface area contributed by atoms with Crippen molar-refractivity contribution in [3.8, 4) is 0 Å². The fourth-order valence-electron chi connectivity index (χ4n) is 1.75. The number of rotatable bonds is 8. The second-order valence-corrected chi connectivity index (χ2v) is 4.48. The van der Waals surface area contributed by atoms with E-state index in [0.29, 0.717) is 6.04 Å². The van der Waals surface area contributed by atoms with Crippen molar-refractivity contribution in [3.63, 3.8) is 0 Å². The third-order valence-electron chi connectivity index (χ3n) is 2.71. The lowest BCUT2D eigenvalue weighted by atomic mass is 10.1. The van der Waals surface area contributed by atoms with Crippen molar-refractivity contribution in [3.05, 3.63) is 47.9 Å². The van der Waals surface area contributed by atoms with Crippen LogP contribution in [0.25, 0.3) is 0 Å². The molecule has 4 heteroatoms. The number of hydrogen-bond acceptors (Lipinski definition) is 3. The fraction of sp³-hybridized carbons (Fsp3) is 0.400. The highest BCUT2D eigenvalue weighted by molar-refractivity contribution is 5.70. The highest BCUT2D eigenvalue weighted by atomic mass is 19.1. The molecule has 0 aliphatic rings. The fourth-order valence-corrected chi connectivity index (χ4v) is 1.75. The van der Waals surface area contributed by atoms with Gasteiger partial charge in [0.1, 0.15) is 5.82 Å². The largest absolute Gasteiger partial charge is 0.405 e. The molecule has 0 heterocycles. The number of nitrogens with one attached hydrogen (secondary N) is 1. The topological polar surface area (TPSA) is 50.4 Å². The van der Waals surface area contributed by atoms with E-state index in [-0.39, 0.29) is 7.24 Å². The van der Waals surface area contributed by atoms with Crippen molar-refractivity contribution < 1.29 is 5.82 Å². The molecule has 0 aliphatic heterocycles. The predicted octanol–water partition coefficient (Wildman–Crippen LogP) is 2.53. The maximum absolute atomic E-state index is 12.8. The van der Waals surface area contributed by atoms with Gasteiger partial charge < -0.3 is 11.1 Å². The Morgan fingerprint density at radius 1 is 1.42 bits per heavy atom. The van der Waals surface area contributed by atoms with Crippen LogP contribution in [0.5, 0.6) is 0 Å². The summed E-state index contributed by atoms with van der Waals surface area (Å²) in [4.78, 5) is 4.18. The average molecular weight is 265 g/mol. The third kappa shape index (κ3) is 7.36. The number of nitrogens with two attached hydrogens (primary N) is 1. The van der Waals surface area contributed by atoms with E-state index in [4.69, 9.17) is 5.73 Å². The van der Waals surface area contributed by atoms with Crippen LogP contribution < -0.4 is 11.1 Å². The van der Waals surface area contributed by atoms with Gasteiger partial charge in [-0.3, -0.25) is 4.99 Å². The third-order valence-corrected chi connectivity index (χ3v) is 2.71. The molecule has 19 heavy (non-hydrogen) atoms. The zero-order chi connectivity index (χ0) is 13.9. The van der Waals surface area contributed by atoms with E-state index in [1.807, 2.05) is 12.1 Å². The second kappa shape index (κ2) is 9.28. The summed E-state index contributed by atoms with van der Waals surface area (Å²) < 4.78 is 12.8. The molecule has 0 radical (unpaired) electrons. The van der Waals surface area contributed by atoms with Crippen LogP contribution in [0.15, 0.2) is 41.5 Å². The van der Waals surface area contributed by atoms with Gasteiger partial charge in [0, 0.05) is 20.2 Å². The molecule has 0 saturated carbocycles. The summed E-state index contributed by atoms with van der Waals surface area (Å²) in [5.41, 5.74) is 6.33. The van der Waals surface area contributed by atoms with Gasteiger partial charge in [0.05, 0.1) is 0 Å². The summed E-state index contributed by atoms with van der Waals surface area (Å²) in [6.07, 6.45) is 6.78. The van der Waals surface area contributed by atoms with Crippen LogP contribution in [-0.4, -0.2) is 25.3 Å². The van der Waals surface area contributed by atoms with Crippen molar-refractivity contribution in [2.75, 3.05) is 13.1 Å². The van der Waals surface area contributed by atoms with Crippen LogP contribution in [0.4, 0.5) is 4.39 Å². The zero-order valence-electron chi connectivity index (χ0n) is 11.3. The molecule has 0 spiro atoms. The molecule has 0 bridgehead atoms. The lowest BCUT2D eigenvalue weighted by molar-refractivity contribution is 0.536. The van der Waals surface area contributed by atoms with Crippen molar-refractivity contribution in [1.82, 2.24) is 5.32 Å². The Labute approximate surface area is 115 Å². The van der Waals surface area contributed by atoms with E-state index < -0.39 is 0 Å². The minimum Gasteiger partial charge on any atom is -0.405 e. The monoisotopic (exact) mass is 265 g/mol. The molecule has 0 amide bonds. The number of allylic oxidation sites excluding steroid dienone is 1. The van der Waals surface area contributed by atoms with Gasteiger partial charge in [0.2, 0.25) is 0 Å². The van der Waals surface area contributed by atoms with E-state index >= 15 is 0 Å². The Hall–Kier alpha value is -1.68. The number of halogens is 1. The van der Waals surface area contributed by atoms with E-state index in [9.17, 15) is 4.39 Å². The first-order valence-electron chi connectivity index (χ1n) is 6.57. The van der Waals surface area contributed by atoms with Crippen LogP contribution >= 0.6 is 0 Å². The Morgan fingerprint density at radius 2 is 2.16 bits per heavy atom. The number of aliphatic imine (C=N–C) groups is 1. The normalized spacial score (nSPS) is 13.4. The maximum atomic E-state index is 12.8. The summed E-state index contributed by atoms with van der Waals surface area (Å²) in [6, 6.07) is 7.04. The molecule has 106 valence electrons. The van der Waals surface area contributed by atoms with Gasteiger partial charge >= 0.3 is 0 Å². The van der Waals surface area contributed by atoms with Crippen LogP contribution in [0.3, 0.4) is 0 Å². The maximum Gasteiger partial charge on any atom is 0.123 e. The molecule has 1 unspecified atom stereocenters. The molecule has 1 aromatic carbocycles. The first kappa shape index (κ1) is 15.4. The van der Waals surface area contributed by atoms with E-state index in [0.717, 1.165) is 31.5 Å². The Balaban J connectivity index is 0.00000361. The molecule has 0 aliphatic carbocycles. The summed E-state index contributed by atoms with van der Waals surface area (Å²) >= 11 is 0.